The van der Waals surface area contributed by atoms with E-state index in [1.807, 2.05) is 6.92 Å². The van der Waals surface area contributed by atoms with Crippen LogP contribution in [0, 0.1) is 6.92 Å². The summed E-state index contributed by atoms with van der Waals surface area (Å²) in [6.45, 7) is 6.33. The van der Waals surface area contributed by atoms with Crippen LogP contribution in [0.3, 0.4) is 0 Å². The Morgan fingerprint density at radius 2 is 2.22 bits per heavy atom. The lowest BCUT2D eigenvalue weighted by Gasteiger charge is -2.41. The van der Waals surface area contributed by atoms with Crippen molar-refractivity contribution < 1.29 is 4.52 Å². The first-order valence-electron chi connectivity index (χ1n) is 7.02. The van der Waals surface area contributed by atoms with Gasteiger partial charge >= 0.3 is 0 Å². The first-order chi connectivity index (χ1) is 8.76. The van der Waals surface area contributed by atoms with Crippen molar-refractivity contribution >= 4 is 0 Å². The van der Waals surface area contributed by atoms with Gasteiger partial charge in [-0.1, -0.05) is 18.0 Å². The first kappa shape index (κ1) is 12.1. The number of hydrogen-bond donors (Lipinski definition) is 1. The molecule has 18 heavy (non-hydrogen) atoms. The maximum atomic E-state index is 5.17. The van der Waals surface area contributed by atoms with Crippen molar-refractivity contribution in [2.24, 2.45) is 0 Å². The van der Waals surface area contributed by atoms with Crippen LogP contribution in [0.15, 0.2) is 4.52 Å². The molecular weight excluding hydrogens is 228 g/mol. The van der Waals surface area contributed by atoms with E-state index in [1.54, 1.807) is 0 Å². The van der Waals surface area contributed by atoms with Crippen LogP contribution in [-0.4, -0.2) is 46.8 Å². The molecule has 5 nitrogen and oxygen atoms in total. The molecule has 2 fully saturated rings. The minimum Gasteiger partial charge on any atom is -0.339 e. The van der Waals surface area contributed by atoms with Crippen molar-refractivity contribution in [3.8, 4) is 0 Å². The molecule has 3 rings (SSSR count). The van der Waals surface area contributed by atoms with E-state index in [9.17, 15) is 0 Å². The van der Waals surface area contributed by atoms with E-state index in [0.29, 0.717) is 5.54 Å². The highest BCUT2D eigenvalue weighted by Gasteiger charge is 2.37. The lowest BCUT2D eigenvalue weighted by Crippen LogP contribution is -2.59. The van der Waals surface area contributed by atoms with Crippen molar-refractivity contribution in [3.63, 3.8) is 0 Å². The van der Waals surface area contributed by atoms with E-state index in [2.05, 4.69) is 20.4 Å². The van der Waals surface area contributed by atoms with Crippen LogP contribution in [0.4, 0.5) is 0 Å². The van der Waals surface area contributed by atoms with Gasteiger partial charge in [-0.25, -0.2) is 0 Å². The van der Waals surface area contributed by atoms with Crippen LogP contribution in [0.5, 0.6) is 0 Å². The zero-order valence-corrected chi connectivity index (χ0v) is 11.1. The largest absolute Gasteiger partial charge is 0.339 e. The number of nitrogens with zero attached hydrogens (tertiary/aromatic N) is 3. The molecule has 2 heterocycles. The Kier molecular flexibility index (Phi) is 3.35. The zero-order chi connectivity index (χ0) is 12.4. The normalized spacial score (nSPS) is 23.8. The smallest absolute Gasteiger partial charge is 0.227 e. The van der Waals surface area contributed by atoms with Crippen molar-refractivity contribution in [1.82, 2.24) is 20.4 Å². The molecule has 1 saturated heterocycles. The summed E-state index contributed by atoms with van der Waals surface area (Å²) in [5.41, 5.74) is 0.406. The summed E-state index contributed by atoms with van der Waals surface area (Å²) in [5.74, 6) is 1.50. The maximum Gasteiger partial charge on any atom is 0.227 e. The van der Waals surface area contributed by atoms with Gasteiger partial charge in [0, 0.05) is 38.1 Å². The summed E-state index contributed by atoms with van der Waals surface area (Å²) in [6, 6.07) is 0. The van der Waals surface area contributed by atoms with Crippen molar-refractivity contribution in [1.29, 1.82) is 0 Å². The van der Waals surface area contributed by atoms with E-state index in [0.717, 1.165) is 37.8 Å². The fraction of sp³-hybridized carbons (Fsp3) is 0.846. The molecule has 100 valence electrons. The van der Waals surface area contributed by atoms with E-state index in [-0.39, 0.29) is 0 Å². The lowest BCUT2D eigenvalue weighted by atomic mass is 9.94. The van der Waals surface area contributed by atoms with Crippen molar-refractivity contribution in [3.05, 3.63) is 11.7 Å². The van der Waals surface area contributed by atoms with Gasteiger partial charge in [-0.3, -0.25) is 4.90 Å². The van der Waals surface area contributed by atoms with Crippen molar-refractivity contribution in [2.45, 2.75) is 44.6 Å². The molecule has 0 unspecified atom stereocenters. The Balaban J connectivity index is 1.53. The number of aryl methyl sites for hydroxylation is 1. The SMILES string of the molecule is Cc1noc(CCN2CCNC3(CCCC3)C2)n1. The van der Waals surface area contributed by atoms with Gasteiger partial charge < -0.3 is 9.84 Å². The zero-order valence-electron chi connectivity index (χ0n) is 11.1. The van der Waals surface area contributed by atoms with Gasteiger partial charge in [0.05, 0.1) is 0 Å². The molecule has 0 amide bonds. The lowest BCUT2D eigenvalue weighted by molar-refractivity contribution is 0.133. The second-order valence-electron chi connectivity index (χ2n) is 5.68. The molecule has 1 aromatic rings. The fourth-order valence-electron chi connectivity index (χ4n) is 3.32. The molecule has 0 bridgehead atoms. The number of aromatic nitrogens is 2. The summed E-state index contributed by atoms with van der Waals surface area (Å²) in [6.07, 6.45) is 6.30. The maximum absolute atomic E-state index is 5.17. The van der Waals surface area contributed by atoms with Crippen LogP contribution < -0.4 is 5.32 Å². The predicted octanol–water partition coefficient (Wildman–Crippen LogP) is 1.14. The second-order valence-corrected chi connectivity index (χ2v) is 5.68. The highest BCUT2D eigenvalue weighted by Crippen LogP contribution is 2.31. The molecular formula is C13H22N4O. The Labute approximate surface area is 108 Å². The molecule has 1 spiro atoms. The van der Waals surface area contributed by atoms with E-state index in [1.165, 1.54) is 32.2 Å². The minimum absolute atomic E-state index is 0.406. The third-order valence-electron chi connectivity index (χ3n) is 4.23. The molecule has 0 atom stereocenters. The predicted molar refractivity (Wildman–Crippen MR) is 68.4 cm³/mol. The molecule has 1 saturated carbocycles. The van der Waals surface area contributed by atoms with Crippen LogP contribution in [-0.2, 0) is 6.42 Å². The average molecular weight is 250 g/mol. The fourth-order valence-corrected chi connectivity index (χ4v) is 3.32. The summed E-state index contributed by atoms with van der Waals surface area (Å²) >= 11 is 0. The summed E-state index contributed by atoms with van der Waals surface area (Å²) in [4.78, 5) is 6.81. The number of hydrogen-bond acceptors (Lipinski definition) is 5. The van der Waals surface area contributed by atoms with E-state index < -0.39 is 0 Å². The van der Waals surface area contributed by atoms with Gasteiger partial charge in [-0.15, -0.1) is 0 Å². The summed E-state index contributed by atoms with van der Waals surface area (Å²) < 4.78 is 5.17. The van der Waals surface area contributed by atoms with Gasteiger partial charge in [0.25, 0.3) is 0 Å². The molecule has 0 aromatic carbocycles. The molecule has 1 aromatic heterocycles. The molecule has 1 N–H and O–H groups in total. The number of piperazine rings is 1. The monoisotopic (exact) mass is 250 g/mol. The van der Waals surface area contributed by atoms with Crippen LogP contribution in [0.2, 0.25) is 0 Å². The molecule has 2 aliphatic rings. The van der Waals surface area contributed by atoms with Gasteiger partial charge in [-0.05, 0) is 19.8 Å². The quantitative estimate of drug-likeness (QED) is 0.872. The van der Waals surface area contributed by atoms with Gasteiger partial charge in [0.1, 0.15) is 0 Å². The number of nitrogens with one attached hydrogen (secondary N) is 1. The Bertz CT molecular complexity index is 397. The minimum atomic E-state index is 0.406. The van der Waals surface area contributed by atoms with Crippen molar-refractivity contribution in [2.75, 3.05) is 26.2 Å². The molecule has 1 aliphatic heterocycles. The molecule has 1 aliphatic carbocycles. The van der Waals surface area contributed by atoms with Gasteiger partial charge in [0.15, 0.2) is 5.82 Å². The second kappa shape index (κ2) is 4.97. The van der Waals surface area contributed by atoms with E-state index in [4.69, 9.17) is 4.52 Å². The first-order valence-corrected chi connectivity index (χ1v) is 7.02. The number of rotatable bonds is 3. The average Bonchev–Trinajstić information content (AvgIpc) is 2.97. The Hall–Kier alpha value is -0.940. The van der Waals surface area contributed by atoms with Gasteiger partial charge in [0.2, 0.25) is 5.89 Å². The third-order valence-corrected chi connectivity index (χ3v) is 4.23. The van der Waals surface area contributed by atoms with Crippen LogP contribution in [0.1, 0.15) is 37.4 Å². The summed E-state index contributed by atoms with van der Waals surface area (Å²) in [7, 11) is 0. The topological polar surface area (TPSA) is 54.2 Å². The Morgan fingerprint density at radius 1 is 1.39 bits per heavy atom. The van der Waals surface area contributed by atoms with Crippen LogP contribution >= 0.6 is 0 Å². The third kappa shape index (κ3) is 2.57. The van der Waals surface area contributed by atoms with Gasteiger partial charge in [-0.2, -0.15) is 4.98 Å². The molecule has 0 radical (unpaired) electrons. The highest BCUT2D eigenvalue weighted by molar-refractivity contribution is 4.98. The summed E-state index contributed by atoms with van der Waals surface area (Å²) in [5, 5.41) is 7.57. The standard InChI is InChI=1S/C13H22N4O/c1-11-15-12(18-16-11)4-8-17-9-7-14-13(10-17)5-2-3-6-13/h14H,2-10H2,1H3. The molecule has 5 heteroatoms. The Morgan fingerprint density at radius 3 is 2.94 bits per heavy atom. The van der Waals surface area contributed by atoms with E-state index >= 15 is 0 Å². The van der Waals surface area contributed by atoms with Crippen LogP contribution in [0.25, 0.3) is 0 Å². The highest BCUT2D eigenvalue weighted by atomic mass is 16.5.